The van der Waals surface area contributed by atoms with Crippen LogP contribution in [0.2, 0.25) is 0 Å². The monoisotopic (exact) mass is 504 g/mol. The number of pyridine rings is 1. The Morgan fingerprint density at radius 2 is 1.84 bits per heavy atom. The predicted molar refractivity (Wildman–Crippen MR) is 150 cm³/mol. The Bertz CT molecular complexity index is 1400. The lowest BCUT2D eigenvalue weighted by Gasteiger charge is -2.15. The minimum atomic E-state index is -0.0953. The summed E-state index contributed by atoms with van der Waals surface area (Å²) in [6.07, 6.45) is 3.24. The SMILES string of the molecule is CC.CCn1ccc(Oc2ccc(Nc3ncnc4cc(OCCN(C)C)c(N)cc34)cc2C)cc1=O. The first-order chi connectivity index (χ1) is 17.8. The van der Waals surface area contributed by atoms with E-state index >= 15 is 0 Å². The van der Waals surface area contributed by atoms with E-state index in [2.05, 4.69) is 15.3 Å². The van der Waals surface area contributed by atoms with Crippen molar-refractivity contribution in [2.45, 2.75) is 34.2 Å². The molecular weight excluding hydrogens is 468 g/mol. The maximum Gasteiger partial charge on any atom is 0.254 e. The highest BCUT2D eigenvalue weighted by Gasteiger charge is 2.11. The zero-order chi connectivity index (χ0) is 26.9. The number of nitrogen functional groups attached to an aromatic ring is 1. The maximum absolute atomic E-state index is 12.1. The van der Waals surface area contributed by atoms with E-state index in [0.717, 1.165) is 28.7 Å². The molecule has 2 aromatic heterocycles. The molecule has 0 saturated heterocycles. The van der Waals surface area contributed by atoms with Crippen molar-refractivity contribution in [3.05, 3.63) is 70.9 Å². The number of likely N-dealkylation sites (N-methyl/N-ethyl adjacent to an activating group) is 1. The first kappa shape index (κ1) is 27.5. The van der Waals surface area contributed by atoms with Crippen LogP contribution in [0, 0.1) is 6.92 Å². The number of fused-ring (bicyclic) bond motifs is 1. The lowest BCUT2D eigenvalue weighted by Crippen LogP contribution is -2.19. The van der Waals surface area contributed by atoms with Gasteiger partial charge in [0, 0.05) is 42.5 Å². The van der Waals surface area contributed by atoms with Crippen molar-refractivity contribution in [2.24, 2.45) is 0 Å². The zero-order valence-electron chi connectivity index (χ0n) is 22.4. The van der Waals surface area contributed by atoms with E-state index in [1.165, 1.54) is 12.4 Å². The summed E-state index contributed by atoms with van der Waals surface area (Å²) < 4.78 is 13.4. The van der Waals surface area contributed by atoms with Crippen molar-refractivity contribution in [3.63, 3.8) is 0 Å². The minimum absolute atomic E-state index is 0.0953. The van der Waals surface area contributed by atoms with Gasteiger partial charge in [0.1, 0.15) is 36.0 Å². The number of hydrogen-bond acceptors (Lipinski definition) is 8. The van der Waals surface area contributed by atoms with E-state index < -0.39 is 0 Å². The molecule has 0 amide bonds. The molecule has 9 nitrogen and oxygen atoms in total. The molecule has 3 N–H and O–H groups in total. The molecule has 196 valence electrons. The molecule has 0 aliphatic carbocycles. The van der Waals surface area contributed by atoms with Crippen LogP contribution in [-0.2, 0) is 6.54 Å². The summed E-state index contributed by atoms with van der Waals surface area (Å²) in [5.74, 6) is 2.41. The third-order valence-corrected chi connectivity index (χ3v) is 5.54. The average molecular weight is 505 g/mol. The van der Waals surface area contributed by atoms with Crippen LogP contribution in [0.25, 0.3) is 10.9 Å². The smallest absolute Gasteiger partial charge is 0.254 e. The number of nitrogens with zero attached hydrogens (tertiary/aromatic N) is 4. The normalized spacial score (nSPS) is 10.7. The molecule has 0 atom stereocenters. The van der Waals surface area contributed by atoms with Gasteiger partial charge in [-0.15, -0.1) is 0 Å². The molecule has 0 saturated carbocycles. The van der Waals surface area contributed by atoms with Gasteiger partial charge in [-0.25, -0.2) is 9.97 Å². The van der Waals surface area contributed by atoms with Gasteiger partial charge >= 0.3 is 0 Å². The van der Waals surface area contributed by atoms with Crippen LogP contribution in [0.1, 0.15) is 26.3 Å². The molecule has 0 aliphatic heterocycles. The van der Waals surface area contributed by atoms with Crippen molar-refractivity contribution in [1.82, 2.24) is 19.4 Å². The van der Waals surface area contributed by atoms with Gasteiger partial charge in [-0.05, 0) is 63.8 Å². The summed E-state index contributed by atoms with van der Waals surface area (Å²) in [6, 6.07) is 12.6. The molecule has 0 bridgehead atoms. The quantitative estimate of drug-likeness (QED) is 0.299. The molecule has 4 rings (SSSR count). The third kappa shape index (κ3) is 6.98. The number of hydrogen-bond donors (Lipinski definition) is 2. The van der Waals surface area contributed by atoms with E-state index in [4.69, 9.17) is 15.2 Å². The fraction of sp³-hybridized carbons (Fsp3) is 0.321. The third-order valence-electron chi connectivity index (χ3n) is 5.54. The predicted octanol–water partition coefficient (Wildman–Crippen LogP) is 5.20. The van der Waals surface area contributed by atoms with Crippen molar-refractivity contribution in [3.8, 4) is 17.2 Å². The fourth-order valence-corrected chi connectivity index (χ4v) is 3.58. The van der Waals surface area contributed by atoms with Crippen LogP contribution in [0.15, 0.2) is 59.8 Å². The Labute approximate surface area is 217 Å². The maximum atomic E-state index is 12.1. The molecule has 9 heteroatoms. The van der Waals surface area contributed by atoms with Gasteiger partial charge in [0.15, 0.2) is 0 Å². The summed E-state index contributed by atoms with van der Waals surface area (Å²) >= 11 is 0. The molecule has 0 aliphatic rings. The Morgan fingerprint density at radius 1 is 1.05 bits per heavy atom. The van der Waals surface area contributed by atoms with Crippen LogP contribution in [0.4, 0.5) is 17.2 Å². The lowest BCUT2D eigenvalue weighted by molar-refractivity contribution is 0.262. The Hall–Kier alpha value is -4.11. The molecular formula is C28H36N6O3. The fourth-order valence-electron chi connectivity index (χ4n) is 3.58. The molecule has 0 spiro atoms. The minimum Gasteiger partial charge on any atom is -0.490 e. The number of nitrogens with one attached hydrogen (secondary N) is 1. The van der Waals surface area contributed by atoms with Crippen molar-refractivity contribution in [1.29, 1.82) is 0 Å². The van der Waals surface area contributed by atoms with Gasteiger partial charge in [-0.2, -0.15) is 0 Å². The summed E-state index contributed by atoms with van der Waals surface area (Å²) in [6.45, 7) is 9.80. The van der Waals surface area contributed by atoms with Gasteiger partial charge in [-0.3, -0.25) is 4.79 Å². The largest absolute Gasteiger partial charge is 0.490 e. The second kappa shape index (κ2) is 12.7. The van der Waals surface area contributed by atoms with Crippen LogP contribution in [-0.4, -0.2) is 46.7 Å². The van der Waals surface area contributed by atoms with Crippen LogP contribution >= 0.6 is 0 Å². The van der Waals surface area contributed by atoms with Gasteiger partial charge in [0.05, 0.1) is 11.2 Å². The number of benzene rings is 2. The van der Waals surface area contributed by atoms with E-state index in [0.29, 0.717) is 41.9 Å². The van der Waals surface area contributed by atoms with E-state index in [-0.39, 0.29) is 5.56 Å². The van der Waals surface area contributed by atoms with Crippen LogP contribution in [0.5, 0.6) is 17.2 Å². The summed E-state index contributed by atoms with van der Waals surface area (Å²) in [4.78, 5) is 22.9. The molecule has 0 unspecified atom stereocenters. The van der Waals surface area contributed by atoms with Gasteiger partial charge in [0.25, 0.3) is 5.56 Å². The number of rotatable bonds is 9. The van der Waals surface area contributed by atoms with E-state index in [1.807, 2.05) is 77.0 Å². The molecule has 2 aromatic carbocycles. The molecule has 2 heterocycles. The van der Waals surface area contributed by atoms with Gasteiger partial charge < -0.3 is 30.0 Å². The van der Waals surface area contributed by atoms with Crippen LogP contribution in [0.3, 0.4) is 0 Å². The van der Waals surface area contributed by atoms with E-state index in [1.54, 1.807) is 16.8 Å². The Morgan fingerprint density at radius 3 is 2.51 bits per heavy atom. The summed E-state index contributed by atoms with van der Waals surface area (Å²) in [7, 11) is 3.98. The number of anilines is 3. The molecule has 4 aromatic rings. The zero-order valence-corrected chi connectivity index (χ0v) is 22.4. The standard InChI is InChI=1S/C26H30N6O3.C2H6/c1-5-32-9-8-19(13-25(32)33)35-23-7-6-18(12-17(23)2)30-26-20-14-21(27)24(34-11-10-31(3)4)15-22(20)28-16-29-26;1-2/h6-9,12-16H,5,10-11,27H2,1-4H3,(H,28,29,30);1-2H3. The molecule has 0 radical (unpaired) electrons. The second-order valence-electron chi connectivity index (χ2n) is 8.48. The summed E-state index contributed by atoms with van der Waals surface area (Å²) in [5.41, 5.74) is 9.15. The first-order valence-corrected chi connectivity index (χ1v) is 12.4. The van der Waals surface area contributed by atoms with Gasteiger partial charge in [-0.1, -0.05) is 13.8 Å². The molecule has 0 fully saturated rings. The Kier molecular flexibility index (Phi) is 9.45. The highest BCUT2D eigenvalue weighted by Crippen LogP contribution is 2.33. The molecule has 37 heavy (non-hydrogen) atoms. The van der Waals surface area contributed by atoms with Gasteiger partial charge in [0.2, 0.25) is 0 Å². The van der Waals surface area contributed by atoms with E-state index in [9.17, 15) is 4.79 Å². The number of aromatic nitrogens is 3. The lowest BCUT2D eigenvalue weighted by atomic mass is 10.1. The number of aryl methyl sites for hydroxylation is 2. The number of ether oxygens (including phenoxy) is 2. The van der Waals surface area contributed by atoms with Crippen LogP contribution < -0.4 is 26.1 Å². The highest BCUT2D eigenvalue weighted by molar-refractivity contribution is 5.94. The second-order valence-corrected chi connectivity index (χ2v) is 8.48. The first-order valence-electron chi connectivity index (χ1n) is 12.4. The topological polar surface area (TPSA) is 108 Å². The average Bonchev–Trinajstić information content (AvgIpc) is 2.87. The Balaban J connectivity index is 0.00000186. The number of nitrogens with two attached hydrogens (primary N) is 1. The highest BCUT2D eigenvalue weighted by atomic mass is 16.5. The summed E-state index contributed by atoms with van der Waals surface area (Å²) in [5, 5.41) is 4.14. The van der Waals surface area contributed by atoms with Crippen molar-refractivity contribution in [2.75, 3.05) is 38.3 Å². The van der Waals surface area contributed by atoms with Crippen molar-refractivity contribution < 1.29 is 9.47 Å². The van der Waals surface area contributed by atoms with Crippen molar-refractivity contribution >= 4 is 28.1 Å².